The fourth-order valence-corrected chi connectivity index (χ4v) is 2.64. The van der Waals surface area contributed by atoms with Gasteiger partial charge in [0.15, 0.2) is 0 Å². The molecule has 20 heavy (non-hydrogen) atoms. The minimum atomic E-state index is -0.791. The molecule has 0 aliphatic heterocycles. The van der Waals surface area contributed by atoms with Gasteiger partial charge in [0.2, 0.25) is 4.96 Å². The van der Waals surface area contributed by atoms with Gasteiger partial charge in [0, 0.05) is 17.8 Å². The van der Waals surface area contributed by atoms with Crippen LogP contribution in [0.25, 0.3) is 15.5 Å². The number of benzene rings is 1. The molecule has 0 saturated heterocycles. The molecule has 8 heteroatoms. The number of aromatic nitrogens is 4. The average molecular weight is 291 g/mol. The Balaban J connectivity index is 1.90. The summed E-state index contributed by atoms with van der Waals surface area (Å²) in [5.74, 6) is 0. The van der Waals surface area contributed by atoms with Gasteiger partial charge in [-0.3, -0.25) is 0 Å². The Labute approximate surface area is 118 Å². The van der Waals surface area contributed by atoms with Gasteiger partial charge in [0.1, 0.15) is 11.3 Å². The van der Waals surface area contributed by atoms with Gasteiger partial charge in [-0.25, -0.2) is 0 Å². The highest BCUT2D eigenvalue weighted by atomic mass is 32.1. The predicted molar refractivity (Wildman–Crippen MR) is 75.7 cm³/mol. The monoisotopic (exact) mass is 291 g/mol. The number of anilines is 1. The zero-order chi connectivity index (χ0) is 13.9. The van der Waals surface area contributed by atoms with Gasteiger partial charge >= 0.3 is 0 Å². The molecule has 3 aromatic rings. The Morgan fingerprint density at radius 3 is 3.00 bits per heavy atom. The van der Waals surface area contributed by atoms with Crippen molar-refractivity contribution in [2.24, 2.45) is 0 Å². The van der Waals surface area contributed by atoms with Crippen molar-refractivity contribution in [3.05, 3.63) is 30.6 Å². The highest BCUT2D eigenvalue weighted by Crippen LogP contribution is 2.30. The first-order valence-corrected chi connectivity index (χ1v) is 6.88. The van der Waals surface area contributed by atoms with Crippen LogP contribution in [0.4, 0.5) is 5.69 Å². The van der Waals surface area contributed by atoms with Crippen LogP contribution < -0.4 is 5.32 Å². The summed E-state index contributed by atoms with van der Waals surface area (Å²) in [6.45, 7) is 0.00346. The third-order valence-corrected chi connectivity index (χ3v) is 3.73. The summed E-state index contributed by atoms with van der Waals surface area (Å²) in [6.07, 6.45) is 0.766. The summed E-state index contributed by atoms with van der Waals surface area (Å²) in [7, 11) is 0. The number of hydrogen-bond acceptors (Lipinski definition) is 7. The molecule has 1 aromatic carbocycles. The lowest BCUT2D eigenvalue weighted by Gasteiger charge is -2.12. The molecule has 0 bridgehead atoms. The van der Waals surface area contributed by atoms with Crippen LogP contribution in [0.5, 0.6) is 0 Å². The lowest BCUT2D eigenvalue weighted by Crippen LogP contribution is -2.23. The molecule has 0 fully saturated rings. The van der Waals surface area contributed by atoms with Gasteiger partial charge in [-0.1, -0.05) is 23.5 Å². The predicted octanol–water partition coefficient (Wildman–Crippen LogP) is 0.618. The quantitative estimate of drug-likeness (QED) is 0.638. The summed E-state index contributed by atoms with van der Waals surface area (Å²) in [5.41, 5.74) is 1.78. The van der Waals surface area contributed by atoms with Crippen molar-refractivity contribution < 1.29 is 10.2 Å². The molecule has 2 heterocycles. The molecular formula is C12H13N5O2S. The van der Waals surface area contributed by atoms with Crippen LogP contribution in [0.1, 0.15) is 0 Å². The van der Waals surface area contributed by atoms with Gasteiger partial charge in [0.05, 0.1) is 12.7 Å². The maximum Gasteiger partial charge on any atom is 0.234 e. The maximum atomic E-state index is 9.41. The molecule has 0 spiro atoms. The Morgan fingerprint density at radius 2 is 2.20 bits per heavy atom. The van der Waals surface area contributed by atoms with Crippen molar-refractivity contribution in [1.82, 2.24) is 19.8 Å². The molecule has 0 amide bonds. The SMILES string of the molecule is OCC(O)CNc1ccccc1-c1nn2cnnc2s1. The van der Waals surface area contributed by atoms with Gasteiger partial charge in [-0.05, 0) is 12.1 Å². The Kier molecular flexibility index (Phi) is 3.59. The van der Waals surface area contributed by atoms with Crippen LogP contribution >= 0.6 is 11.3 Å². The number of aliphatic hydroxyl groups is 2. The first-order chi connectivity index (χ1) is 9.78. The molecule has 0 radical (unpaired) electrons. The lowest BCUT2D eigenvalue weighted by atomic mass is 10.2. The molecule has 2 aromatic heterocycles. The smallest absolute Gasteiger partial charge is 0.234 e. The van der Waals surface area contributed by atoms with Crippen LogP contribution in [0.3, 0.4) is 0 Å². The van der Waals surface area contributed by atoms with E-state index < -0.39 is 6.10 Å². The molecule has 0 saturated carbocycles. The van der Waals surface area contributed by atoms with E-state index in [1.165, 1.54) is 11.3 Å². The first-order valence-electron chi connectivity index (χ1n) is 6.07. The highest BCUT2D eigenvalue weighted by Gasteiger charge is 2.12. The van der Waals surface area contributed by atoms with Crippen LogP contribution in [-0.4, -0.2) is 49.3 Å². The zero-order valence-corrected chi connectivity index (χ0v) is 11.3. The van der Waals surface area contributed by atoms with E-state index in [0.717, 1.165) is 21.2 Å². The number of nitrogens with zero attached hydrogens (tertiary/aromatic N) is 4. The fourth-order valence-electron chi connectivity index (χ4n) is 1.78. The summed E-state index contributed by atoms with van der Waals surface area (Å²) in [5, 5.41) is 34.3. The van der Waals surface area contributed by atoms with Gasteiger partial charge in [-0.15, -0.1) is 10.2 Å². The average Bonchev–Trinajstić information content (AvgIpc) is 3.06. The van der Waals surface area contributed by atoms with Crippen LogP contribution in [0.15, 0.2) is 30.6 Å². The molecular weight excluding hydrogens is 278 g/mol. The Hall–Kier alpha value is -2.03. The molecule has 3 rings (SSSR count). The molecule has 1 atom stereocenters. The van der Waals surface area contributed by atoms with Gasteiger partial charge in [0.25, 0.3) is 0 Å². The standard InChI is InChI=1S/C12H13N5O2S/c18-6-8(19)5-13-10-4-2-1-3-9(10)11-16-17-7-14-15-12(17)20-11/h1-4,7-8,13,18-19H,5-6H2. The summed E-state index contributed by atoms with van der Waals surface area (Å²) < 4.78 is 1.62. The second kappa shape index (κ2) is 5.53. The van der Waals surface area contributed by atoms with E-state index in [0.29, 0.717) is 0 Å². The van der Waals surface area contributed by atoms with E-state index in [2.05, 4.69) is 20.6 Å². The van der Waals surface area contributed by atoms with Crippen molar-refractivity contribution in [2.75, 3.05) is 18.5 Å². The topological polar surface area (TPSA) is 95.6 Å². The number of para-hydroxylation sites is 1. The van der Waals surface area contributed by atoms with Crippen molar-refractivity contribution in [2.45, 2.75) is 6.10 Å². The molecule has 104 valence electrons. The maximum absolute atomic E-state index is 9.41. The minimum absolute atomic E-state index is 0.272. The summed E-state index contributed by atoms with van der Waals surface area (Å²) in [6, 6.07) is 7.67. The molecule has 3 N–H and O–H groups in total. The van der Waals surface area contributed by atoms with Crippen molar-refractivity contribution in [1.29, 1.82) is 0 Å². The number of fused-ring (bicyclic) bond motifs is 1. The molecule has 0 aliphatic rings. The van der Waals surface area contributed by atoms with E-state index in [1.54, 1.807) is 10.8 Å². The third kappa shape index (κ3) is 2.48. The van der Waals surface area contributed by atoms with Crippen LogP contribution in [0, 0.1) is 0 Å². The Morgan fingerprint density at radius 1 is 1.35 bits per heavy atom. The highest BCUT2D eigenvalue weighted by molar-refractivity contribution is 7.19. The number of aliphatic hydroxyl groups excluding tert-OH is 2. The van der Waals surface area contributed by atoms with E-state index in [4.69, 9.17) is 5.11 Å². The number of rotatable bonds is 5. The van der Waals surface area contributed by atoms with Gasteiger partial charge in [-0.2, -0.15) is 9.61 Å². The summed E-state index contributed by atoms with van der Waals surface area (Å²) in [4.78, 5) is 0.727. The molecule has 1 unspecified atom stereocenters. The second-order valence-electron chi connectivity index (χ2n) is 4.23. The fraction of sp³-hybridized carbons (Fsp3) is 0.250. The second-order valence-corrected chi connectivity index (χ2v) is 5.18. The van der Waals surface area contributed by atoms with E-state index >= 15 is 0 Å². The molecule has 0 aliphatic carbocycles. The zero-order valence-electron chi connectivity index (χ0n) is 10.5. The largest absolute Gasteiger partial charge is 0.394 e. The molecule has 7 nitrogen and oxygen atoms in total. The van der Waals surface area contributed by atoms with Crippen LogP contribution in [0.2, 0.25) is 0 Å². The lowest BCUT2D eigenvalue weighted by molar-refractivity contribution is 0.105. The van der Waals surface area contributed by atoms with Crippen molar-refractivity contribution in [3.8, 4) is 10.6 Å². The third-order valence-electron chi connectivity index (χ3n) is 2.78. The minimum Gasteiger partial charge on any atom is -0.394 e. The van der Waals surface area contributed by atoms with E-state index in [9.17, 15) is 5.11 Å². The van der Waals surface area contributed by atoms with Crippen LogP contribution in [-0.2, 0) is 0 Å². The normalized spacial score (nSPS) is 12.7. The van der Waals surface area contributed by atoms with E-state index in [1.807, 2.05) is 24.3 Å². The number of hydrogen-bond donors (Lipinski definition) is 3. The van der Waals surface area contributed by atoms with E-state index in [-0.39, 0.29) is 13.2 Å². The number of nitrogens with one attached hydrogen (secondary N) is 1. The first kappa shape index (κ1) is 13.0. The Bertz CT molecular complexity index is 682. The van der Waals surface area contributed by atoms with Gasteiger partial charge < -0.3 is 15.5 Å². The summed E-state index contributed by atoms with van der Waals surface area (Å²) >= 11 is 1.44. The van der Waals surface area contributed by atoms with Crippen molar-refractivity contribution in [3.63, 3.8) is 0 Å². The van der Waals surface area contributed by atoms with Crippen molar-refractivity contribution >= 4 is 22.0 Å².